The number of para-hydroxylation sites is 1. The van der Waals surface area contributed by atoms with Crippen LogP contribution in [-0.4, -0.2) is 35.6 Å². The van der Waals surface area contributed by atoms with Crippen LogP contribution in [0.3, 0.4) is 0 Å². The molecule has 0 saturated heterocycles. The monoisotopic (exact) mass is 292 g/mol. The third kappa shape index (κ3) is 4.46. The molecule has 2 rings (SSSR count). The Balaban J connectivity index is 1.83. The van der Waals surface area contributed by atoms with E-state index >= 15 is 0 Å². The van der Waals surface area contributed by atoms with Gasteiger partial charge in [0.1, 0.15) is 17.3 Å². The molecule has 4 heteroatoms. The maximum absolute atomic E-state index is 5.88. The van der Waals surface area contributed by atoms with Crippen LogP contribution < -0.4 is 10.5 Å². The summed E-state index contributed by atoms with van der Waals surface area (Å²) in [5, 5.41) is 0. The number of nitrogens with zero attached hydrogens (tertiary/aromatic N) is 1. The highest BCUT2D eigenvalue weighted by Crippen LogP contribution is 2.27. The maximum Gasteiger partial charge on any atom is 0.129 e. The van der Waals surface area contributed by atoms with Gasteiger partial charge in [0.2, 0.25) is 0 Å². The number of hydrogen-bond acceptors (Lipinski definition) is 3. The van der Waals surface area contributed by atoms with Gasteiger partial charge in [0.05, 0.1) is 5.56 Å². The minimum Gasteiger partial charge on any atom is -0.492 e. The summed E-state index contributed by atoms with van der Waals surface area (Å²) in [6.45, 7) is 5.09. The van der Waals surface area contributed by atoms with E-state index in [2.05, 4.69) is 11.8 Å². The average Bonchev–Trinajstić information content (AvgIpc) is 3.27. The molecular weight excluding hydrogens is 268 g/mol. The Morgan fingerprint density at radius 3 is 2.75 bits per heavy atom. The second-order valence-electron chi connectivity index (χ2n) is 5.33. The largest absolute Gasteiger partial charge is 0.492 e. The van der Waals surface area contributed by atoms with E-state index in [4.69, 9.17) is 22.7 Å². The highest BCUT2D eigenvalue weighted by Gasteiger charge is 2.28. The van der Waals surface area contributed by atoms with E-state index in [1.165, 1.54) is 32.2 Å². The molecule has 0 aliphatic heterocycles. The summed E-state index contributed by atoms with van der Waals surface area (Å²) in [4.78, 5) is 2.94. The van der Waals surface area contributed by atoms with Gasteiger partial charge in [0.15, 0.2) is 0 Å². The molecule has 20 heavy (non-hydrogen) atoms. The van der Waals surface area contributed by atoms with Gasteiger partial charge < -0.3 is 10.5 Å². The number of benzene rings is 1. The van der Waals surface area contributed by atoms with Crippen LogP contribution in [0, 0.1) is 0 Å². The van der Waals surface area contributed by atoms with Crippen molar-refractivity contribution in [2.75, 3.05) is 19.7 Å². The molecule has 1 aromatic rings. The van der Waals surface area contributed by atoms with Gasteiger partial charge in [0, 0.05) is 12.6 Å². The molecule has 1 aliphatic rings. The molecule has 0 radical (unpaired) electrons. The summed E-state index contributed by atoms with van der Waals surface area (Å²) in [5.41, 5.74) is 6.54. The zero-order chi connectivity index (χ0) is 14.4. The summed E-state index contributed by atoms with van der Waals surface area (Å²) < 4.78 is 5.88. The number of unbranched alkanes of at least 4 members (excludes halogenated alkanes) is 1. The van der Waals surface area contributed by atoms with Crippen molar-refractivity contribution in [1.29, 1.82) is 0 Å². The highest BCUT2D eigenvalue weighted by molar-refractivity contribution is 7.80. The van der Waals surface area contributed by atoms with E-state index in [0.717, 1.165) is 23.9 Å². The van der Waals surface area contributed by atoms with E-state index in [1.807, 2.05) is 24.3 Å². The van der Waals surface area contributed by atoms with Gasteiger partial charge in [-0.25, -0.2) is 0 Å². The highest BCUT2D eigenvalue weighted by atomic mass is 32.1. The van der Waals surface area contributed by atoms with Gasteiger partial charge in [-0.2, -0.15) is 0 Å². The minimum absolute atomic E-state index is 0.394. The summed E-state index contributed by atoms with van der Waals surface area (Å²) in [6.07, 6.45) is 5.19. The van der Waals surface area contributed by atoms with Crippen molar-refractivity contribution in [2.45, 2.75) is 38.6 Å². The summed E-state index contributed by atoms with van der Waals surface area (Å²) in [7, 11) is 0. The third-order valence-corrected chi connectivity index (χ3v) is 3.87. The van der Waals surface area contributed by atoms with Crippen molar-refractivity contribution in [1.82, 2.24) is 4.90 Å². The van der Waals surface area contributed by atoms with Gasteiger partial charge in [-0.1, -0.05) is 37.7 Å². The van der Waals surface area contributed by atoms with Crippen molar-refractivity contribution in [3.8, 4) is 5.75 Å². The Morgan fingerprint density at radius 1 is 1.35 bits per heavy atom. The molecule has 0 aromatic heterocycles. The van der Waals surface area contributed by atoms with Gasteiger partial charge in [0.25, 0.3) is 0 Å². The van der Waals surface area contributed by atoms with Gasteiger partial charge >= 0.3 is 0 Å². The molecule has 0 spiro atoms. The Labute approximate surface area is 127 Å². The van der Waals surface area contributed by atoms with Gasteiger partial charge in [-0.3, -0.25) is 4.90 Å². The molecule has 1 aromatic carbocycles. The number of ether oxygens (including phenoxy) is 1. The third-order valence-electron chi connectivity index (χ3n) is 3.65. The van der Waals surface area contributed by atoms with E-state index in [0.29, 0.717) is 11.6 Å². The summed E-state index contributed by atoms with van der Waals surface area (Å²) in [5.74, 6) is 0.797. The molecule has 0 amide bonds. The Hall–Kier alpha value is -1.13. The fourth-order valence-corrected chi connectivity index (χ4v) is 2.52. The lowest BCUT2D eigenvalue weighted by atomic mass is 10.2. The van der Waals surface area contributed by atoms with E-state index < -0.39 is 0 Å². The molecule has 1 fully saturated rings. The van der Waals surface area contributed by atoms with Gasteiger partial charge in [-0.05, 0) is 37.9 Å². The Kier molecular flexibility index (Phi) is 5.80. The standard InChI is InChI=1S/C16H24N2OS/c1-2-3-10-18(13-8-9-13)11-12-19-15-7-5-4-6-14(15)16(17)20/h4-7,13H,2-3,8-12H2,1H3,(H2,17,20). The van der Waals surface area contributed by atoms with E-state index in [1.54, 1.807) is 0 Å². The van der Waals surface area contributed by atoms with Crippen LogP contribution in [0.15, 0.2) is 24.3 Å². The molecule has 0 bridgehead atoms. The Morgan fingerprint density at radius 2 is 2.10 bits per heavy atom. The quantitative estimate of drug-likeness (QED) is 0.710. The van der Waals surface area contributed by atoms with E-state index in [-0.39, 0.29) is 0 Å². The predicted octanol–water partition coefficient (Wildman–Crippen LogP) is 2.96. The molecule has 110 valence electrons. The molecule has 1 saturated carbocycles. The first-order valence-electron chi connectivity index (χ1n) is 7.48. The minimum atomic E-state index is 0.394. The average molecular weight is 292 g/mol. The molecule has 0 atom stereocenters. The zero-order valence-electron chi connectivity index (χ0n) is 12.2. The van der Waals surface area contributed by atoms with Crippen LogP contribution >= 0.6 is 12.2 Å². The lowest BCUT2D eigenvalue weighted by molar-refractivity contribution is 0.199. The predicted molar refractivity (Wildman–Crippen MR) is 87.3 cm³/mol. The zero-order valence-corrected chi connectivity index (χ0v) is 13.0. The van der Waals surface area contributed by atoms with Crippen molar-refractivity contribution in [3.05, 3.63) is 29.8 Å². The topological polar surface area (TPSA) is 38.5 Å². The number of hydrogen-bond donors (Lipinski definition) is 1. The molecule has 0 unspecified atom stereocenters. The molecule has 1 aliphatic carbocycles. The van der Waals surface area contributed by atoms with Crippen molar-refractivity contribution in [3.63, 3.8) is 0 Å². The first-order valence-corrected chi connectivity index (χ1v) is 7.89. The molecule has 0 heterocycles. The van der Waals surface area contributed by atoms with E-state index in [9.17, 15) is 0 Å². The van der Waals surface area contributed by atoms with Crippen molar-refractivity contribution in [2.24, 2.45) is 5.73 Å². The number of thiocarbonyl (C=S) groups is 1. The first kappa shape index (κ1) is 15.3. The van der Waals surface area contributed by atoms with Crippen LogP contribution in [0.1, 0.15) is 38.2 Å². The first-order chi connectivity index (χ1) is 9.72. The smallest absolute Gasteiger partial charge is 0.129 e. The second-order valence-corrected chi connectivity index (χ2v) is 5.77. The number of nitrogens with two attached hydrogens (primary N) is 1. The van der Waals surface area contributed by atoms with Gasteiger partial charge in [-0.15, -0.1) is 0 Å². The number of rotatable bonds is 9. The fourth-order valence-electron chi connectivity index (χ4n) is 2.35. The van der Waals surface area contributed by atoms with Crippen LogP contribution in [0.5, 0.6) is 5.75 Å². The van der Waals surface area contributed by atoms with Crippen LogP contribution in [0.4, 0.5) is 0 Å². The summed E-state index contributed by atoms with van der Waals surface area (Å²) in [6, 6.07) is 8.51. The van der Waals surface area contributed by atoms with Crippen molar-refractivity contribution < 1.29 is 4.74 Å². The summed E-state index contributed by atoms with van der Waals surface area (Å²) >= 11 is 5.05. The molecule has 3 nitrogen and oxygen atoms in total. The van der Waals surface area contributed by atoms with Crippen molar-refractivity contribution >= 4 is 17.2 Å². The SMILES string of the molecule is CCCCN(CCOc1ccccc1C(N)=S)C1CC1. The maximum atomic E-state index is 5.88. The second kappa shape index (κ2) is 7.60. The molecule has 2 N–H and O–H groups in total. The lowest BCUT2D eigenvalue weighted by Crippen LogP contribution is -2.31. The van der Waals surface area contributed by atoms with Crippen LogP contribution in [-0.2, 0) is 0 Å². The van der Waals surface area contributed by atoms with Crippen LogP contribution in [0.25, 0.3) is 0 Å². The Bertz CT molecular complexity index is 446. The molecular formula is C16H24N2OS. The van der Waals surface area contributed by atoms with Crippen LogP contribution in [0.2, 0.25) is 0 Å². The normalized spacial score (nSPS) is 14.5. The lowest BCUT2D eigenvalue weighted by Gasteiger charge is -2.22. The fraction of sp³-hybridized carbons (Fsp3) is 0.562.